The average molecular weight is 269 g/mol. The Balaban J connectivity index is 2.26. The molecule has 94 valence electrons. The first-order valence-corrected chi connectivity index (χ1v) is 5.55. The predicted octanol–water partition coefficient (Wildman–Crippen LogP) is 3.34. The molecule has 0 atom stereocenters. The van der Waals surface area contributed by atoms with E-state index in [1.165, 1.54) is 12.1 Å². The molecule has 1 amide bonds. The van der Waals surface area contributed by atoms with Gasteiger partial charge >= 0.3 is 0 Å². The molecule has 4 nitrogen and oxygen atoms in total. The van der Waals surface area contributed by atoms with E-state index in [-0.39, 0.29) is 16.4 Å². The van der Waals surface area contributed by atoms with Crippen LogP contribution in [0.2, 0.25) is 5.02 Å². The number of aromatic nitrogens is 1. The fraction of sp³-hybridized carbons (Fsp3) is 0.167. The van der Waals surface area contributed by atoms with Gasteiger partial charge in [0.2, 0.25) is 0 Å². The average Bonchev–Trinajstić information content (AvgIpc) is 2.63. The maximum absolute atomic E-state index is 13.0. The van der Waals surface area contributed by atoms with E-state index in [4.69, 9.17) is 16.0 Å². The summed E-state index contributed by atoms with van der Waals surface area (Å²) in [5.41, 5.74) is 0.356. The molecule has 1 aromatic carbocycles. The molecule has 0 saturated heterocycles. The Morgan fingerprint density at radius 3 is 2.78 bits per heavy atom. The fourth-order valence-corrected chi connectivity index (χ4v) is 1.68. The number of aryl methyl sites for hydroxylation is 2. The predicted molar refractivity (Wildman–Crippen MR) is 65.3 cm³/mol. The summed E-state index contributed by atoms with van der Waals surface area (Å²) in [6.07, 6.45) is 0. The lowest BCUT2D eigenvalue weighted by Gasteiger charge is -2.05. The third-order valence-electron chi connectivity index (χ3n) is 2.30. The van der Waals surface area contributed by atoms with E-state index in [1.807, 2.05) is 0 Å². The Morgan fingerprint density at radius 2 is 2.17 bits per heavy atom. The van der Waals surface area contributed by atoms with Gasteiger partial charge in [-0.15, -0.1) is 0 Å². The molecule has 0 aliphatic heterocycles. The lowest BCUT2D eigenvalue weighted by Crippen LogP contribution is -2.14. The third kappa shape index (κ3) is 2.51. The molecule has 0 radical (unpaired) electrons. The summed E-state index contributed by atoms with van der Waals surface area (Å²) in [5.74, 6) is -0.180. The second kappa shape index (κ2) is 4.78. The molecule has 0 saturated carbocycles. The van der Waals surface area contributed by atoms with Gasteiger partial charge in [0.05, 0.1) is 10.7 Å². The van der Waals surface area contributed by atoms with Gasteiger partial charge in [0, 0.05) is 6.92 Å². The van der Waals surface area contributed by atoms with Crippen LogP contribution >= 0.6 is 11.6 Å². The van der Waals surface area contributed by atoms with Crippen LogP contribution < -0.4 is 5.32 Å². The molecule has 0 aliphatic carbocycles. The molecule has 0 unspecified atom stereocenters. The van der Waals surface area contributed by atoms with Crippen molar-refractivity contribution in [3.63, 3.8) is 0 Å². The van der Waals surface area contributed by atoms with E-state index >= 15 is 0 Å². The van der Waals surface area contributed by atoms with Gasteiger partial charge in [0.25, 0.3) is 5.91 Å². The van der Waals surface area contributed by atoms with E-state index in [0.29, 0.717) is 11.7 Å². The molecule has 6 heteroatoms. The zero-order valence-electron chi connectivity index (χ0n) is 9.75. The minimum atomic E-state index is -0.489. The molecule has 0 aliphatic rings. The Kier molecular flexibility index (Phi) is 3.34. The van der Waals surface area contributed by atoms with Crippen LogP contribution in [0.5, 0.6) is 0 Å². The maximum atomic E-state index is 13.0. The minimum absolute atomic E-state index is 0.160. The van der Waals surface area contributed by atoms with Crippen LogP contribution in [0.1, 0.15) is 22.1 Å². The lowest BCUT2D eigenvalue weighted by molar-refractivity contribution is 0.102. The van der Waals surface area contributed by atoms with Gasteiger partial charge in [-0.05, 0) is 25.1 Å². The highest BCUT2D eigenvalue weighted by atomic mass is 35.5. The summed E-state index contributed by atoms with van der Waals surface area (Å²) in [6, 6.07) is 3.72. The van der Waals surface area contributed by atoms with Gasteiger partial charge in [0.1, 0.15) is 11.6 Å². The first-order valence-electron chi connectivity index (χ1n) is 5.18. The van der Waals surface area contributed by atoms with E-state index in [0.717, 1.165) is 6.07 Å². The van der Waals surface area contributed by atoms with Crippen molar-refractivity contribution in [1.82, 2.24) is 4.98 Å². The molecule has 1 N–H and O–H groups in total. The van der Waals surface area contributed by atoms with Crippen LogP contribution in [0.3, 0.4) is 0 Å². The molecule has 2 rings (SSSR count). The van der Waals surface area contributed by atoms with Crippen LogP contribution in [-0.4, -0.2) is 10.9 Å². The number of oxazole rings is 1. The highest BCUT2D eigenvalue weighted by molar-refractivity contribution is 6.33. The molecule has 1 heterocycles. The Bertz CT molecular complexity index is 610. The zero-order valence-corrected chi connectivity index (χ0v) is 10.5. The van der Waals surface area contributed by atoms with Crippen molar-refractivity contribution in [1.29, 1.82) is 0 Å². The second-order valence-electron chi connectivity index (χ2n) is 3.72. The third-order valence-corrected chi connectivity index (χ3v) is 2.62. The summed E-state index contributed by atoms with van der Waals surface area (Å²) in [4.78, 5) is 15.8. The summed E-state index contributed by atoms with van der Waals surface area (Å²) in [5, 5.41) is 2.74. The fourth-order valence-electron chi connectivity index (χ4n) is 1.51. The summed E-state index contributed by atoms with van der Waals surface area (Å²) >= 11 is 5.85. The lowest BCUT2D eigenvalue weighted by atomic mass is 10.3. The van der Waals surface area contributed by atoms with Crippen molar-refractivity contribution >= 4 is 23.2 Å². The van der Waals surface area contributed by atoms with Gasteiger partial charge in [0.15, 0.2) is 11.6 Å². The van der Waals surface area contributed by atoms with E-state index in [2.05, 4.69) is 10.3 Å². The normalized spacial score (nSPS) is 10.4. The monoisotopic (exact) mass is 268 g/mol. The molecule has 1 aromatic heterocycles. The molecular formula is C12H10ClFN2O2. The van der Waals surface area contributed by atoms with Gasteiger partial charge in [-0.1, -0.05) is 11.6 Å². The van der Waals surface area contributed by atoms with Crippen LogP contribution in [0.4, 0.5) is 10.1 Å². The molecular weight excluding hydrogens is 259 g/mol. The smallest absolute Gasteiger partial charge is 0.277 e. The second-order valence-corrected chi connectivity index (χ2v) is 4.12. The maximum Gasteiger partial charge on any atom is 0.277 e. The number of rotatable bonds is 2. The van der Waals surface area contributed by atoms with Gasteiger partial charge in [-0.25, -0.2) is 9.37 Å². The van der Waals surface area contributed by atoms with Crippen molar-refractivity contribution in [3.05, 3.63) is 46.4 Å². The van der Waals surface area contributed by atoms with Crippen LogP contribution in [0, 0.1) is 19.7 Å². The van der Waals surface area contributed by atoms with Crippen molar-refractivity contribution in [2.24, 2.45) is 0 Å². The number of carbonyl (C=O) groups is 1. The van der Waals surface area contributed by atoms with Gasteiger partial charge in [-0.2, -0.15) is 0 Å². The Labute approximate surface area is 108 Å². The van der Waals surface area contributed by atoms with Crippen molar-refractivity contribution in [2.75, 3.05) is 5.32 Å². The molecule has 2 aromatic rings. The van der Waals surface area contributed by atoms with Gasteiger partial charge < -0.3 is 9.73 Å². The van der Waals surface area contributed by atoms with Crippen LogP contribution in [-0.2, 0) is 0 Å². The number of nitrogens with one attached hydrogen (secondary N) is 1. The van der Waals surface area contributed by atoms with E-state index in [1.54, 1.807) is 13.8 Å². The number of halogens is 2. The summed E-state index contributed by atoms with van der Waals surface area (Å²) in [6.45, 7) is 3.26. The van der Waals surface area contributed by atoms with E-state index in [9.17, 15) is 9.18 Å². The topological polar surface area (TPSA) is 55.1 Å². The SMILES string of the molecule is Cc1nc(C(=O)Nc2cc(F)ccc2Cl)c(C)o1. The highest BCUT2D eigenvalue weighted by Gasteiger charge is 2.16. The minimum Gasteiger partial charge on any atom is -0.445 e. The Morgan fingerprint density at radius 1 is 1.44 bits per heavy atom. The molecule has 0 fully saturated rings. The van der Waals surface area contributed by atoms with Gasteiger partial charge in [-0.3, -0.25) is 4.79 Å². The van der Waals surface area contributed by atoms with Crippen molar-refractivity contribution < 1.29 is 13.6 Å². The quantitative estimate of drug-likeness (QED) is 0.909. The largest absolute Gasteiger partial charge is 0.445 e. The number of carbonyl (C=O) groups excluding carboxylic acids is 1. The van der Waals surface area contributed by atoms with E-state index < -0.39 is 11.7 Å². The number of anilines is 1. The number of hydrogen-bond acceptors (Lipinski definition) is 3. The van der Waals surface area contributed by atoms with Crippen molar-refractivity contribution in [3.8, 4) is 0 Å². The Hall–Kier alpha value is -1.88. The van der Waals surface area contributed by atoms with Crippen LogP contribution in [0.15, 0.2) is 22.6 Å². The highest BCUT2D eigenvalue weighted by Crippen LogP contribution is 2.23. The zero-order chi connectivity index (χ0) is 13.3. The summed E-state index contributed by atoms with van der Waals surface area (Å²) in [7, 11) is 0. The first kappa shape index (κ1) is 12.6. The molecule has 18 heavy (non-hydrogen) atoms. The number of nitrogens with zero attached hydrogens (tertiary/aromatic N) is 1. The first-order chi connectivity index (χ1) is 8.47. The van der Waals surface area contributed by atoms with Crippen LogP contribution in [0.25, 0.3) is 0 Å². The molecule has 0 spiro atoms. The van der Waals surface area contributed by atoms with Crippen molar-refractivity contribution in [2.45, 2.75) is 13.8 Å². The number of hydrogen-bond donors (Lipinski definition) is 1. The number of benzene rings is 1. The summed E-state index contributed by atoms with van der Waals surface area (Å²) < 4.78 is 18.2. The number of amides is 1. The molecule has 0 bridgehead atoms. The standard InChI is InChI=1S/C12H10ClFN2O2/c1-6-11(15-7(2)18-6)12(17)16-10-5-8(14)3-4-9(10)13/h3-5H,1-2H3,(H,16,17).